The van der Waals surface area contributed by atoms with Gasteiger partial charge in [-0.2, -0.15) is 0 Å². The molecule has 0 saturated heterocycles. The molecule has 1 aromatic carbocycles. The van der Waals surface area contributed by atoms with Gasteiger partial charge < -0.3 is 19.8 Å². The lowest BCUT2D eigenvalue weighted by atomic mass is 10.1. The summed E-state index contributed by atoms with van der Waals surface area (Å²) in [4.78, 5) is 16.2. The second-order valence-electron chi connectivity index (χ2n) is 8.20. The number of nitrogens with zero attached hydrogens (tertiary/aromatic N) is 2. The van der Waals surface area contributed by atoms with Crippen LogP contribution >= 0.6 is 0 Å². The van der Waals surface area contributed by atoms with E-state index in [1.54, 1.807) is 6.92 Å². The van der Waals surface area contributed by atoms with Crippen LogP contribution in [0, 0.1) is 0 Å². The summed E-state index contributed by atoms with van der Waals surface area (Å²) in [5.41, 5.74) is 8.24. The van der Waals surface area contributed by atoms with Gasteiger partial charge in [0.25, 0.3) is 0 Å². The molecule has 1 amide bonds. The number of nitrogens with two attached hydrogens (primary N) is 1. The number of primary amides is 1. The maximum Gasteiger partial charge on any atom is 0.234 e. The van der Waals surface area contributed by atoms with Gasteiger partial charge in [-0.3, -0.25) is 10.1 Å². The smallest absolute Gasteiger partial charge is 0.234 e. The van der Waals surface area contributed by atoms with Crippen molar-refractivity contribution in [3.8, 4) is 5.75 Å². The highest BCUT2D eigenvalue weighted by atomic mass is 16.5. The Bertz CT molecular complexity index is 1060. The molecular weight excluding hydrogens is 392 g/mol. The number of carbonyl (C=O) groups is 1. The Morgan fingerprint density at radius 2 is 2.19 bits per heavy atom. The second kappa shape index (κ2) is 9.66. The van der Waals surface area contributed by atoms with Crippen LogP contribution in [0.25, 0.3) is 12.2 Å². The lowest BCUT2D eigenvalue weighted by Gasteiger charge is -2.17. The minimum absolute atomic E-state index is 0.0418. The van der Waals surface area contributed by atoms with Crippen LogP contribution in [0.2, 0.25) is 0 Å². The average Bonchev–Trinajstić information content (AvgIpc) is 3.36. The van der Waals surface area contributed by atoms with Gasteiger partial charge in [0.05, 0.1) is 29.9 Å². The number of imidazole rings is 1. The summed E-state index contributed by atoms with van der Waals surface area (Å²) >= 11 is 0. The average molecular weight is 425 g/mol. The number of aryl methyl sites for hydroxylation is 2. The Balaban J connectivity index is 1.56. The van der Waals surface area contributed by atoms with Crippen molar-refractivity contribution in [1.29, 1.82) is 0 Å². The molecule has 7 heteroatoms. The number of benzene rings is 1. The van der Waals surface area contributed by atoms with Crippen LogP contribution in [0.15, 0.2) is 18.2 Å². The van der Waals surface area contributed by atoms with E-state index in [2.05, 4.69) is 40.2 Å². The fourth-order valence-corrected chi connectivity index (χ4v) is 4.24. The normalized spacial score (nSPS) is 17.9. The van der Waals surface area contributed by atoms with Crippen LogP contribution < -0.4 is 26.5 Å². The van der Waals surface area contributed by atoms with Gasteiger partial charge in [0.2, 0.25) is 5.91 Å². The van der Waals surface area contributed by atoms with E-state index in [1.165, 1.54) is 24.0 Å². The lowest BCUT2D eigenvalue weighted by Crippen LogP contribution is -2.39. The van der Waals surface area contributed by atoms with Gasteiger partial charge >= 0.3 is 0 Å². The number of nitrogens with one attached hydrogen (secondary N) is 1. The molecule has 1 heterocycles. The molecule has 7 nitrogen and oxygen atoms in total. The van der Waals surface area contributed by atoms with Gasteiger partial charge in [-0.1, -0.05) is 12.1 Å². The van der Waals surface area contributed by atoms with Gasteiger partial charge in [-0.05, 0) is 62.4 Å². The molecule has 4 rings (SSSR count). The monoisotopic (exact) mass is 424 g/mol. The first kappa shape index (κ1) is 21.6. The molecule has 0 spiro atoms. The summed E-state index contributed by atoms with van der Waals surface area (Å²) in [6.45, 7) is 6.16. The van der Waals surface area contributed by atoms with E-state index in [0.29, 0.717) is 26.3 Å². The third-order valence-corrected chi connectivity index (χ3v) is 6.02. The minimum atomic E-state index is -0.419. The standard InChI is InChI=1S/C24H32N4O3/c1-3-30-12-11-28-22-14-20(31-19-8-7-17-5-4-6-18(17)13-19)9-10-21(22)27-23(28)15-26-16(2)24(25)29/h7-8,10,13-14,16,20,26H,3-6,9,11-12,15H2,1-2H3,(H2,25,29)/t16-,20?/m0/s1. The summed E-state index contributed by atoms with van der Waals surface area (Å²) in [6, 6.07) is 6.06. The number of ether oxygens (including phenoxy) is 2. The fourth-order valence-electron chi connectivity index (χ4n) is 4.24. The second-order valence-corrected chi connectivity index (χ2v) is 8.20. The van der Waals surface area contributed by atoms with E-state index >= 15 is 0 Å². The van der Waals surface area contributed by atoms with Crippen molar-refractivity contribution in [2.24, 2.45) is 5.73 Å². The minimum Gasteiger partial charge on any atom is -0.486 e. The molecule has 3 N–H and O–H groups in total. The Morgan fingerprint density at radius 1 is 1.35 bits per heavy atom. The first-order valence-electron chi connectivity index (χ1n) is 11.2. The lowest BCUT2D eigenvalue weighted by molar-refractivity contribution is -0.119. The number of amides is 1. The molecule has 166 valence electrons. The van der Waals surface area contributed by atoms with E-state index in [0.717, 1.165) is 35.1 Å². The molecule has 2 aromatic rings. The van der Waals surface area contributed by atoms with Crippen LogP contribution in [0.4, 0.5) is 0 Å². The number of carbonyl (C=O) groups excluding carboxylic acids is 1. The molecule has 1 aromatic heterocycles. The zero-order valence-electron chi connectivity index (χ0n) is 18.4. The SMILES string of the molecule is CCOCCn1c(CN[C@@H](C)C(N)=O)nc2c1=CC(Oc1ccc3c(c1)CCC3)CC=2. The maximum absolute atomic E-state index is 11.4. The largest absolute Gasteiger partial charge is 0.486 e. The van der Waals surface area contributed by atoms with Crippen LogP contribution in [0.5, 0.6) is 5.75 Å². The van der Waals surface area contributed by atoms with Crippen molar-refractivity contribution in [1.82, 2.24) is 14.9 Å². The zero-order valence-corrected chi connectivity index (χ0v) is 18.4. The highest BCUT2D eigenvalue weighted by molar-refractivity contribution is 5.79. The van der Waals surface area contributed by atoms with Gasteiger partial charge in [0.1, 0.15) is 17.7 Å². The third kappa shape index (κ3) is 4.99. The molecule has 0 bridgehead atoms. The van der Waals surface area contributed by atoms with Crippen LogP contribution in [0.3, 0.4) is 0 Å². The third-order valence-electron chi connectivity index (χ3n) is 6.02. The van der Waals surface area contributed by atoms with Crippen molar-refractivity contribution >= 4 is 18.1 Å². The van der Waals surface area contributed by atoms with Crippen molar-refractivity contribution in [2.75, 3.05) is 13.2 Å². The van der Waals surface area contributed by atoms with Gasteiger partial charge in [0, 0.05) is 19.6 Å². The molecule has 2 aliphatic carbocycles. The van der Waals surface area contributed by atoms with Crippen molar-refractivity contribution < 1.29 is 14.3 Å². The van der Waals surface area contributed by atoms with Gasteiger partial charge in [-0.15, -0.1) is 0 Å². The number of rotatable bonds is 10. The molecule has 31 heavy (non-hydrogen) atoms. The van der Waals surface area contributed by atoms with Crippen LogP contribution in [0.1, 0.15) is 43.6 Å². The number of hydrogen-bond acceptors (Lipinski definition) is 5. The van der Waals surface area contributed by atoms with Gasteiger partial charge in [0.15, 0.2) is 0 Å². The molecule has 2 aliphatic rings. The molecule has 2 atom stereocenters. The topological polar surface area (TPSA) is 91.4 Å². The summed E-state index contributed by atoms with van der Waals surface area (Å²) in [7, 11) is 0. The quantitative estimate of drug-likeness (QED) is 0.550. The van der Waals surface area contributed by atoms with Gasteiger partial charge in [-0.25, -0.2) is 4.98 Å². The van der Waals surface area contributed by atoms with E-state index in [-0.39, 0.29) is 12.0 Å². The molecule has 1 unspecified atom stereocenters. The van der Waals surface area contributed by atoms with E-state index in [9.17, 15) is 4.79 Å². The number of aromatic nitrogens is 2. The molecule has 0 radical (unpaired) electrons. The summed E-state index contributed by atoms with van der Waals surface area (Å²) in [6.07, 6.45) is 8.56. The first-order valence-corrected chi connectivity index (χ1v) is 11.2. The van der Waals surface area contributed by atoms with Crippen LogP contribution in [-0.4, -0.2) is 40.8 Å². The molecular formula is C24H32N4O3. The Morgan fingerprint density at radius 3 is 3.00 bits per heavy atom. The predicted octanol–water partition coefficient (Wildman–Crippen LogP) is 0.784. The molecule has 0 fully saturated rings. The summed E-state index contributed by atoms with van der Waals surface area (Å²) < 4.78 is 14.1. The summed E-state index contributed by atoms with van der Waals surface area (Å²) in [5, 5.41) is 5.15. The highest BCUT2D eigenvalue weighted by Gasteiger charge is 2.18. The highest BCUT2D eigenvalue weighted by Crippen LogP contribution is 2.27. The maximum atomic E-state index is 11.4. The van der Waals surface area contributed by atoms with E-state index in [4.69, 9.17) is 20.2 Å². The number of hydrogen-bond donors (Lipinski definition) is 2. The predicted molar refractivity (Wildman–Crippen MR) is 120 cm³/mol. The molecule has 0 saturated carbocycles. The van der Waals surface area contributed by atoms with Crippen molar-refractivity contribution in [2.45, 2.75) is 64.8 Å². The Labute approximate surface area is 182 Å². The fraction of sp³-hybridized carbons (Fsp3) is 0.500. The Hall–Kier alpha value is -2.64. The van der Waals surface area contributed by atoms with E-state index < -0.39 is 6.04 Å². The van der Waals surface area contributed by atoms with Crippen LogP contribution in [-0.2, 0) is 35.5 Å². The van der Waals surface area contributed by atoms with Crippen molar-refractivity contribution in [3.05, 3.63) is 45.8 Å². The van der Waals surface area contributed by atoms with E-state index in [1.807, 2.05) is 6.92 Å². The summed E-state index contributed by atoms with van der Waals surface area (Å²) in [5.74, 6) is 1.41. The first-order chi connectivity index (χ1) is 15.0. The number of fused-ring (bicyclic) bond motifs is 2. The van der Waals surface area contributed by atoms with Crippen molar-refractivity contribution in [3.63, 3.8) is 0 Å². The zero-order chi connectivity index (χ0) is 21.8. The molecule has 0 aliphatic heterocycles. The Kier molecular flexibility index (Phi) is 6.73.